The van der Waals surface area contributed by atoms with Crippen LogP contribution in [0, 0.1) is 6.92 Å². The highest BCUT2D eigenvalue weighted by Crippen LogP contribution is 2.23. The summed E-state index contributed by atoms with van der Waals surface area (Å²) in [5, 5.41) is 9.99. The minimum atomic E-state index is -0.467. The summed E-state index contributed by atoms with van der Waals surface area (Å²) < 4.78 is 10.8. The Morgan fingerprint density at radius 3 is 2.81 bits per heavy atom. The maximum Gasteiger partial charge on any atom is 0.320 e. The molecule has 0 aliphatic heterocycles. The molecule has 0 saturated heterocycles. The SMILES string of the molecule is Cc1ccc(-c2[nH]ncc2CNCC(=O)OC(C)(C)C)o1. The van der Waals surface area contributed by atoms with Gasteiger partial charge in [-0.2, -0.15) is 5.10 Å². The van der Waals surface area contributed by atoms with Crippen molar-refractivity contribution in [1.29, 1.82) is 0 Å². The second-order valence-electron chi connectivity index (χ2n) is 5.87. The first kappa shape index (κ1) is 15.3. The molecule has 6 nitrogen and oxygen atoms in total. The van der Waals surface area contributed by atoms with Crippen LogP contribution in [0.4, 0.5) is 0 Å². The highest BCUT2D eigenvalue weighted by Gasteiger charge is 2.16. The predicted molar refractivity (Wildman–Crippen MR) is 78.6 cm³/mol. The Morgan fingerprint density at radius 2 is 2.19 bits per heavy atom. The molecule has 2 heterocycles. The monoisotopic (exact) mass is 291 g/mol. The molecule has 0 radical (unpaired) electrons. The molecule has 0 aliphatic carbocycles. The van der Waals surface area contributed by atoms with Gasteiger partial charge in [-0.25, -0.2) is 0 Å². The Balaban J connectivity index is 1.90. The standard InChI is InChI=1S/C15H21N3O3/c1-10-5-6-12(20-10)14-11(8-17-18-14)7-16-9-13(19)21-15(2,3)4/h5-6,8,16H,7,9H2,1-4H3,(H,17,18). The van der Waals surface area contributed by atoms with Crippen LogP contribution >= 0.6 is 0 Å². The van der Waals surface area contributed by atoms with E-state index in [2.05, 4.69) is 15.5 Å². The lowest BCUT2D eigenvalue weighted by Gasteiger charge is -2.19. The normalized spacial score (nSPS) is 11.6. The van der Waals surface area contributed by atoms with Gasteiger partial charge in [0.15, 0.2) is 5.76 Å². The third kappa shape index (κ3) is 4.46. The summed E-state index contributed by atoms with van der Waals surface area (Å²) in [6.45, 7) is 8.08. The molecule has 6 heteroatoms. The highest BCUT2D eigenvalue weighted by atomic mass is 16.6. The fourth-order valence-electron chi connectivity index (χ4n) is 1.90. The maximum atomic E-state index is 11.6. The van der Waals surface area contributed by atoms with Crippen LogP contribution < -0.4 is 5.32 Å². The topological polar surface area (TPSA) is 80.2 Å². The molecule has 0 saturated carbocycles. The van der Waals surface area contributed by atoms with E-state index >= 15 is 0 Å². The van der Waals surface area contributed by atoms with Crippen LogP contribution in [0.1, 0.15) is 32.1 Å². The van der Waals surface area contributed by atoms with E-state index in [1.165, 1.54) is 0 Å². The molecule has 2 rings (SSSR count). The van der Waals surface area contributed by atoms with E-state index < -0.39 is 5.60 Å². The fourth-order valence-corrected chi connectivity index (χ4v) is 1.90. The lowest BCUT2D eigenvalue weighted by atomic mass is 10.2. The average Bonchev–Trinajstić information content (AvgIpc) is 2.95. The summed E-state index contributed by atoms with van der Waals surface area (Å²) in [7, 11) is 0. The molecular formula is C15H21N3O3. The van der Waals surface area contributed by atoms with Crippen LogP contribution in [0.25, 0.3) is 11.5 Å². The average molecular weight is 291 g/mol. The Morgan fingerprint density at radius 1 is 1.43 bits per heavy atom. The molecular weight excluding hydrogens is 270 g/mol. The number of nitrogens with one attached hydrogen (secondary N) is 2. The van der Waals surface area contributed by atoms with E-state index in [0.717, 1.165) is 22.8 Å². The summed E-state index contributed by atoms with van der Waals surface area (Å²) in [6.07, 6.45) is 1.72. The Hall–Kier alpha value is -2.08. The number of esters is 1. The van der Waals surface area contributed by atoms with E-state index in [1.54, 1.807) is 6.20 Å². The molecule has 0 amide bonds. The zero-order valence-corrected chi connectivity index (χ0v) is 12.8. The number of ether oxygens (including phenoxy) is 1. The van der Waals surface area contributed by atoms with E-state index in [-0.39, 0.29) is 12.5 Å². The molecule has 0 bridgehead atoms. The van der Waals surface area contributed by atoms with Gasteiger partial charge in [0.05, 0.1) is 12.7 Å². The van der Waals surface area contributed by atoms with Crippen molar-refractivity contribution in [3.8, 4) is 11.5 Å². The smallest absolute Gasteiger partial charge is 0.320 e. The van der Waals surface area contributed by atoms with Gasteiger partial charge in [-0.05, 0) is 39.8 Å². The molecule has 0 aliphatic rings. The van der Waals surface area contributed by atoms with E-state index in [4.69, 9.17) is 9.15 Å². The first-order valence-electron chi connectivity index (χ1n) is 6.87. The van der Waals surface area contributed by atoms with Crippen molar-refractivity contribution in [3.63, 3.8) is 0 Å². The largest absolute Gasteiger partial charge is 0.460 e. The third-order valence-corrected chi connectivity index (χ3v) is 2.71. The highest BCUT2D eigenvalue weighted by molar-refractivity contribution is 5.72. The van der Waals surface area contributed by atoms with E-state index in [9.17, 15) is 4.79 Å². The van der Waals surface area contributed by atoms with Crippen LogP contribution in [0.5, 0.6) is 0 Å². The number of nitrogens with zero attached hydrogens (tertiary/aromatic N) is 1. The van der Waals surface area contributed by atoms with Gasteiger partial charge < -0.3 is 14.5 Å². The summed E-state index contributed by atoms with van der Waals surface area (Å²) in [4.78, 5) is 11.6. The first-order chi connectivity index (χ1) is 9.85. The van der Waals surface area contributed by atoms with Gasteiger partial charge in [0.2, 0.25) is 0 Å². The zero-order valence-electron chi connectivity index (χ0n) is 12.8. The summed E-state index contributed by atoms with van der Waals surface area (Å²) in [6, 6.07) is 3.79. The Labute approximate surface area is 123 Å². The van der Waals surface area contributed by atoms with Crippen LogP contribution in [-0.2, 0) is 16.1 Å². The molecule has 21 heavy (non-hydrogen) atoms. The van der Waals surface area contributed by atoms with Crippen LogP contribution in [0.2, 0.25) is 0 Å². The van der Waals surface area contributed by atoms with Gasteiger partial charge >= 0.3 is 5.97 Å². The van der Waals surface area contributed by atoms with Crippen LogP contribution in [-0.4, -0.2) is 28.3 Å². The number of aromatic nitrogens is 2. The second kappa shape index (κ2) is 6.13. The number of carbonyl (C=O) groups is 1. The van der Waals surface area contributed by atoms with Crippen LogP contribution in [0.15, 0.2) is 22.7 Å². The van der Waals surface area contributed by atoms with Crippen LogP contribution in [0.3, 0.4) is 0 Å². The zero-order chi connectivity index (χ0) is 15.5. The number of aryl methyl sites for hydroxylation is 1. The molecule has 0 aromatic carbocycles. The maximum absolute atomic E-state index is 11.6. The number of hydrogen-bond donors (Lipinski definition) is 2. The molecule has 0 spiro atoms. The fraction of sp³-hybridized carbons (Fsp3) is 0.467. The minimum Gasteiger partial charge on any atom is -0.460 e. The van der Waals surface area contributed by atoms with Gasteiger partial charge in [0.1, 0.15) is 17.1 Å². The van der Waals surface area contributed by atoms with Gasteiger partial charge in [-0.1, -0.05) is 0 Å². The number of H-pyrrole nitrogens is 1. The number of aromatic amines is 1. The van der Waals surface area contributed by atoms with Crippen molar-refractivity contribution in [3.05, 3.63) is 29.7 Å². The number of hydrogen-bond acceptors (Lipinski definition) is 5. The summed E-state index contributed by atoms with van der Waals surface area (Å²) in [5.74, 6) is 1.30. The molecule has 2 N–H and O–H groups in total. The molecule has 2 aromatic heterocycles. The molecule has 2 aromatic rings. The van der Waals surface area contributed by atoms with Gasteiger partial charge in [-0.3, -0.25) is 9.89 Å². The second-order valence-corrected chi connectivity index (χ2v) is 5.87. The first-order valence-corrected chi connectivity index (χ1v) is 6.87. The lowest BCUT2D eigenvalue weighted by molar-refractivity contribution is -0.153. The van der Waals surface area contributed by atoms with Gasteiger partial charge in [0.25, 0.3) is 0 Å². The summed E-state index contributed by atoms with van der Waals surface area (Å²) >= 11 is 0. The Kier molecular flexibility index (Phi) is 4.47. The molecule has 0 atom stereocenters. The molecule has 0 fully saturated rings. The molecule has 114 valence electrons. The summed E-state index contributed by atoms with van der Waals surface area (Å²) in [5.41, 5.74) is 1.29. The van der Waals surface area contributed by atoms with E-state index in [1.807, 2.05) is 39.8 Å². The van der Waals surface area contributed by atoms with Crippen molar-refractivity contribution < 1.29 is 13.9 Å². The lowest BCUT2D eigenvalue weighted by Crippen LogP contribution is -2.31. The van der Waals surface area contributed by atoms with Crippen molar-refractivity contribution >= 4 is 5.97 Å². The van der Waals surface area contributed by atoms with E-state index in [0.29, 0.717) is 6.54 Å². The van der Waals surface area contributed by atoms with Gasteiger partial charge in [0, 0.05) is 12.1 Å². The molecule has 0 unspecified atom stereocenters. The number of carbonyl (C=O) groups excluding carboxylic acids is 1. The predicted octanol–water partition coefficient (Wildman–Crippen LogP) is 2.41. The van der Waals surface area contributed by atoms with Crippen molar-refractivity contribution in [2.24, 2.45) is 0 Å². The minimum absolute atomic E-state index is 0.152. The third-order valence-electron chi connectivity index (χ3n) is 2.71. The van der Waals surface area contributed by atoms with Crippen molar-refractivity contribution in [1.82, 2.24) is 15.5 Å². The quantitative estimate of drug-likeness (QED) is 0.827. The number of rotatable bonds is 5. The van der Waals surface area contributed by atoms with Crippen molar-refractivity contribution in [2.45, 2.75) is 39.8 Å². The van der Waals surface area contributed by atoms with Gasteiger partial charge in [-0.15, -0.1) is 0 Å². The number of furan rings is 1. The Bertz CT molecular complexity index is 608. The van der Waals surface area contributed by atoms with Crippen molar-refractivity contribution in [2.75, 3.05) is 6.54 Å².